The number of amides is 2. The third-order valence-electron chi connectivity index (χ3n) is 5.70. The molecule has 2 amide bonds. The first kappa shape index (κ1) is 22.7. The van der Waals surface area contributed by atoms with Crippen molar-refractivity contribution >= 4 is 11.8 Å². The van der Waals surface area contributed by atoms with E-state index >= 15 is 0 Å². The van der Waals surface area contributed by atoms with Gasteiger partial charge in [-0.05, 0) is 25.3 Å². The largest absolute Gasteiger partial charge is 0.394 e. The molecule has 0 aliphatic carbocycles. The Morgan fingerprint density at radius 3 is 2.60 bits per heavy atom. The number of hydrogen-bond donors (Lipinski definition) is 3. The molecule has 2 aliphatic heterocycles. The molecule has 3 N–H and O–H groups in total. The van der Waals surface area contributed by atoms with E-state index in [-0.39, 0.29) is 43.0 Å². The van der Waals surface area contributed by atoms with E-state index in [1.165, 1.54) is 0 Å². The highest BCUT2D eigenvalue weighted by Gasteiger charge is 2.33. The summed E-state index contributed by atoms with van der Waals surface area (Å²) in [5, 5.41) is 15.7. The van der Waals surface area contributed by atoms with Crippen LogP contribution in [0, 0.1) is 0 Å². The van der Waals surface area contributed by atoms with Crippen LogP contribution in [0.2, 0.25) is 0 Å². The minimum atomic E-state index is -0.503. The Bertz CT molecular complexity index is 681. The van der Waals surface area contributed by atoms with Gasteiger partial charge in [-0.2, -0.15) is 0 Å². The van der Waals surface area contributed by atoms with E-state index in [0.29, 0.717) is 32.6 Å². The van der Waals surface area contributed by atoms with E-state index in [2.05, 4.69) is 15.5 Å². The maximum absolute atomic E-state index is 12.4. The fourth-order valence-electron chi connectivity index (χ4n) is 3.99. The Labute approximate surface area is 177 Å². The number of rotatable bonds is 8. The molecule has 0 saturated carbocycles. The van der Waals surface area contributed by atoms with Gasteiger partial charge in [0.2, 0.25) is 11.8 Å². The Morgan fingerprint density at radius 2 is 1.90 bits per heavy atom. The summed E-state index contributed by atoms with van der Waals surface area (Å²) >= 11 is 0. The monoisotopic (exact) mass is 419 g/mol. The minimum absolute atomic E-state index is 0.0724. The zero-order valence-corrected chi connectivity index (χ0v) is 17.6. The van der Waals surface area contributed by atoms with Crippen molar-refractivity contribution in [3.8, 4) is 0 Å². The van der Waals surface area contributed by atoms with Crippen LogP contribution in [0.4, 0.5) is 0 Å². The number of aliphatic hydroxyl groups is 1. The number of aliphatic hydroxyl groups excluding tert-OH is 1. The van der Waals surface area contributed by atoms with Gasteiger partial charge in [-0.1, -0.05) is 30.3 Å². The van der Waals surface area contributed by atoms with E-state index in [9.17, 15) is 14.7 Å². The molecule has 1 aromatic carbocycles. The number of carbonyl (C=O) groups is 2. The second-order valence-electron chi connectivity index (χ2n) is 8.02. The molecule has 0 radical (unpaired) electrons. The fraction of sp³-hybridized carbons (Fsp3) is 0.636. The van der Waals surface area contributed by atoms with Gasteiger partial charge in [-0.15, -0.1) is 0 Å². The summed E-state index contributed by atoms with van der Waals surface area (Å²) in [5.74, 6) is -0.153. The van der Waals surface area contributed by atoms with Crippen molar-refractivity contribution in [3.05, 3.63) is 35.9 Å². The Kier molecular flexibility index (Phi) is 8.62. The van der Waals surface area contributed by atoms with Crippen molar-refractivity contribution in [3.63, 3.8) is 0 Å². The van der Waals surface area contributed by atoms with E-state index in [1.807, 2.05) is 37.3 Å². The van der Waals surface area contributed by atoms with Gasteiger partial charge in [0.25, 0.3) is 0 Å². The van der Waals surface area contributed by atoms with Crippen LogP contribution in [-0.2, 0) is 19.1 Å². The molecule has 2 aliphatic rings. The lowest BCUT2D eigenvalue weighted by Crippen LogP contribution is -2.53. The number of hydrogen-bond acceptors (Lipinski definition) is 6. The molecule has 8 heteroatoms. The summed E-state index contributed by atoms with van der Waals surface area (Å²) in [6.45, 7) is 4.86. The van der Waals surface area contributed by atoms with Crippen molar-refractivity contribution in [2.45, 2.75) is 50.5 Å². The normalized spacial score (nSPS) is 26.0. The van der Waals surface area contributed by atoms with Gasteiger partial charge < -0.3 is 25.2 Å². The first-order valence-corrected chi connectivity index (χ1v) is 10.7. The minimum Gasteiger partial charge on any atom is -0.394 e. The smallest absolute Gasteiger partial charge is 0.234 e. The summed E-state index contributed by atoms with van der Waals surface area (Å²) in [6.07, 6.45) is 0.801. The lowest BCUT2D eigenvalue weighted by atomic mass is 9.96. The third-order valence-corrected chi connectivity index (χ3v) is 5.70. The molecule has 30 heavy (non-hydrogen) atoms. The highest BCUT2D eigenvalue weighted by Crippen LogP contribution is 2.22. The maximum Gasteiger partial charge on any atom is 0.234 e. The predicted molar refractivity (Wildman–Crippen MR) is 112 cm³/mol. The molecule has 0 spiro atoms. The van der Waals surface area contributed by atoms with Gasteiger partial charge in [0.05, 0.1) is 51.0 Å². The predicted octanol–water partition coefficient (Wildman–Crippen LogP) is 0.611. The topological polar surface area (TPSA) is 100 Å². The van der Waals surface area contributed by atoms with Crippen LogP contribution in [0.15, 0.2) is 30.3 Å². The van der Waals surface area contributed by atoms with E-state index < -0.39 is 6.10 Å². The van der Waals surface area contributed by atoms with Crippen LogP contribution in [0.1, 0.15) is 37.8 Å². The number of nitrogens with one attached hydrogen (secondary N) is 2. The highest BCUT2D eigenvalue weighted by atomic mass is 16.5. The van der Waals surface area contributed by atoms with Crippen molar-refractivity contribution in [2.75, 3.05) is 39.5 Å². The second-order valence-corrected chi connectivity index (χ2v) is 8.02. The van der Waals surface area contributed by atoms with Crippen LogP contribution >= 0.6 is 0 Å². The number of morpholine rings is 1. The Hall–Kier alpha value is -2.00. The summed E-state index contributed by atoms with van der Waals surface area (Å²) in [4.78, 5) is 26.8. The Balaban J connectivity index is 1.43. The standard InChI is InChI=1S/C22H33N3O5/c1-16(17-5-3-2-4-6-17)23-21(27)13-18-7-8-19(20(15-26)30-18)24-22(28)14-25-9-11-29-12-10-25/h2-6,16,18-20,26H,7-15H2,1H3,(H,23,27)(H,24,28)/t16-,18-,19+,20+/m1/s1. The third kappa shape index (κ3) is 6.77. The number of nitrogens with zero attached hydrogens (tertiary/aromatic N) is 1. The zero-order chi connectivity index (χ0) is 21.3. The van der Waals surface area contributed by atoms with Crippen molar-refractivity contribution in [1.29, 1.82) is 0 Å². The summed E-state index contributed by atoms with van der Waals surface area (Å²) < 4.78 is 11.2. The van der Waals surface area contributed by atoms with Crippen molar-refractivity contribution < 1.29 is 24.2 Å². The van der Waals surface area contributed by atoms with Crippen LogP contribution in [0.3, 0.4) is 0 Å². The lowest BCUT2D eigenvalue weighted by molar-refractivity contribution is -0.137. The van der Waals surface area contributed by atoms with Crippen molar-refractivity contribution in [1.82, 2.24) is 15.5 Å². The molecule has 8 nitrogen and oxygen atoms in total. The second kappa shape index (κ2) is 11.4. The molecule has 166 valence electrons. The molecule has 2 heterocycles. The molecule has 3 rings (SSSR count). The molecule has 0 unspecified atom stereocenters. The zero-order valence-electron chi connectivity index (χ0n) is 17.6. The SMILES string of the molecule is C[C@@H](NC(=O)C[C@H]1CC[C@H](NC(=O)CN2CCOCC2)[C@H](CO)O1)c1ccccc1. The van der Waals surface area contributed by atoms with Gasteiger partial charge >= 0.3 is 0 Å². The van der Waals surface area contributed by atoms with E-state index in [0.717, 1.165) is 18.7 Å². The number of ether oxygens (including phenoxy) is 2. The van der Waals surface area contributed by atoms with Gasteiger partial charge in [0.15, 0.2) is 0 Å². The van der Waals surface area contributed by atoms with Gasteiger partial charge in [-0.25, -0.2) is 0 Å². The summed E-state index contributed by atoms with van der Waals surface area (Å²) in [7, 11) is 0. The molecule has 0 bridgehead atoms. The molecule has 0 aromatic heterocycles. The van der Waals surface area contributed by atoms with Crippen molar-refractivity contribution in [2.24, 2.45) is 0 Å². The quantitative estimate of drug-likeness (QED) is 0.571. The van der Waals surface area contributed by atoms with Crippen LogP contribution in [0.25, 0.3) is 0 Å². The molecular weight excluding hydrogens is 386 g/mol. The molecule has 2 saturated heterocycles. The molecule has 2 fully saturated rings. The lowest BCUT2D eigenvalue weighted by Gasteiger charge is -2.36. The van der Waals surface area contributed by atoms with E-state index in [1.54, 1.807) is 0 Å². The summed E-state index contributed by atoms with van der Waals surface area (Å²) in [6, 6.07) is 9.47. The number of benzene rings is 1. The van der Waals surface area contributed by atoms with Gasteiger partial charge in [0.1, 0.15) is 6.10 Å². The average Bonchev–Trinajstić information content (AvgIpc) is 2.76. The number of carbonyl (C=O) groups excluding carboxylic acids is 2. The maximum atomic E-state index is 12.4. The average molecular weight is 420 g/mol. The summed E-state index contributed by atoms with van der Waals surface area (Å²) in [5.41, 5.74) is 1.05. The first-order valence-electron chi connectivity index (χ1n) is 10.7. The highest BCUT2D eigenvalue weighted by molar-refractivity contribution is 5.78. The van der Waals surface area contributed by atoms with Crippen LogP contribution in [0.5, 0.6) is 0 Å². The molecule has 1 aromatic rings. The van der Waals surface area contributed by atoms with Crippen LogP contribution < -0.4 is 10.6 Å². The van der Waals surface area contributed by atoms with E-state index in [4.69, 9.17) is 9.47 Å². The molecule has 4 atom stereocenters. The fourth-order valence-corrected chi connectivity index (χ4v) is 3.99. The van der Waals surface area contributed by atoms with Crippen LogP contribution in [-0.4, -0.2) is 79.5 Å². The molecular formula is C22H33N3O5. The van der Waals surface area contributed by atoms with Gasteiger partial charge in [0, 0.05) is 13.1 Å². The Morgan fingerprint density at radius 1 is 1.17 bits per heavy atom. The first-order chi connectivity index (χ1) is 14.5. The van der Waals surface area contributed by atoms with Gasteiger partial charge in [-0.3, -0.25) is 14.5 Å².